The van der Waals surface area contributed by atoms with Crippen LogP contribution in [0.3, 0.4) is 0 Å². The molecule has 3 heteroatoms. The van der Waals surface area contributed by atoms with Crippen molar-refractivity contribution in [1.29, 1.82) is 0 Å². The summed E-state index contributed by atoms with van der Waals surface area (Å²) < 4.78 is 0. The monoisotopic (exact) mass is 267 g/mol. The van der Waals surface area contributed by atoms with Crippen molar-refractivity contribution < 1.29 is 0 Å². The van der Waals surface area contributed by atoms with Crippen LogP contribution < -0.4 is 5.73 Å². The summed E-state index contributed by atoms with van der Waals surface area (Å²) in [7, 11) is 2.30. The Morgan fingerprint density at radius 1 is 1.32 bits per heavy atom. The van der Waals surface area contributed by atoms with E-state index in [1.54, 1.807) is 0 Å². The van der Waals surface area contributed by atoms with E-state index < -0.39 is 0 Å². The van der Waals surface area contributed by atoms with Gasteiger partial charge in [0.25, 0.3) is 0 Å². The summed E-state index contributed by atoms with van der Waals surface area (Å²) in [5.41, 5.74) is 6.43. The molecule has 0 aromatic carbocycles. The molecular formula is C16H33N3. The molecular weight excluding hydrogens is 234 g/mol. The number of hydrogen-bond donors (Lipinski definition) is 1. The third kappa shape index (κ3) is 3.71. The second-order valence-electron chi connectivity index (χ2n) is 7.48. The first kappa shape index (κ1) is 15.3. The van der Waals surface area contributed by atoms with Crippen LogP contribution in [0, 0.1) is 17.8 Å². The summed E-state index contributed by atoms with van der Waals surface area (Å²) in [5.74, 6) is 2.65. The molecule has 1 saturated carbocycles. The minimum absolute atomic E-state index is 0.274. The topological polar surface area (TPSA) is 32.5 Å². The second-order valence-corrected chi connectivity index (χ2v) is 7.48. The minimum Gasteiger partial charge on any atom is -0.329 e. The maximum Gasteiger partial charge on any atom is 0.0353 e. The summed E-state index contributed by atoms with van der Waals surface area (Å²) in [5, 5.41) is 0. The lowest BCUT2D eigenvalue weighted by atomic mass is 9.85. The molecule has 2 aliphatic rings. The third-order valence-corrected chi connectivity index (χ3v) is 5.38. The second kappa shape index (κ2) is 6.11. The SMILES string of the molecule is CC(C)CN1CCC(CN)(N(C)CC2CC2C)CC1. The highest BCUT2D eigenvalue weighted by Crippen LogP contribution is 2.40. The number of likely N-dealkylation sites (N-methyl/N-ethyl adjacent to an activating group) is 1. The summed E-state index contributed by atoms with van der Waals surface area (Å²) in [6.45, 7) is 12.8. The van der Waals surface area contributed by atoms with Gasteiger partial charge in [0.1, 0.15) is 0 Å². The van der Waals surface area contributed by atoms with Crippen molar-refractivity contribution >= 4 is 0 Å². The molecule has 3 nitrogen and oxygen atoms in total. The molecule has 2 atom stereocenters. The molecule has 2 N–H and O–H groups in total. The highest BCUT2D eigenvalue weighted by Gasteiger charge is 2.41. The molecule has 0 aromatic heterocycles. The van der Waals surface area contributed by atoms with E-state index in [1.165, 1.54) is 45.4 Å². The van der Waals surface area contributed by atoms with Crippen molar-refractivity contribution in [2.24, 2.45) is 23.5 Å². The van der Waals surface area contributed by atoms with Gasteiger partial charge >= 0.3 is 0 Å². The first-order valence-electron chi connectivity index (χ1n) is 8.10. The molecule has 112 valence electrons. The lowest BCUT2D eigenvalue weighted by Gasteiger charge is -2.47. The van der Waals surface area contributed by atoms with Gasteiger partial charge in [0.05, 0.1) is 0 Å². The van der Waals surface area contributed by atoms with Crippen LogP contribution in [0.5, 0.6) is 0 Å². The van der Waals surface area contributed by atoms with Gasteiger partial charge in [-0.15, -0.1) is 0 Å². The van der Waals surface area contributed by atoms with E-state index >= 15 is 0 Å². The van der Waals surface area contributed by atoms with Gasteiger partial charge in [-0.2, -0.15) is 0 Å². The van der Waals surface area contributed by atoms with Crippen LogP contribution in [-0.4, -0.2) is 55.1 Å². The average Bonchev–Trinajstić information content (AvgIpc) is 3.05. The van der Waals surface area contributed by atoms with Crippen LogP contribution >= 0.6 is 0 Å². The van der Waals surface area contributed by atoms with E-state index in [-0.39, 0.29) is 5.54 Å². The van der Waals surface area contributed by atoms with E-state index in [2.05, 4.69) is 37.6 Å². The van der Waals surface area contributed by atoms with Crippen molar-refractivity contribution in [2.45, 2.75) is 45.6 Å². The minimum atomic E-state index is 0.274. The molecule has 0 bridgehead atoms. The van der Waals surface area contributed by atoms with E-state index in [4.69, 9.17) is 5.73 Å². The Morgan fingerprint density at radius 3 is 2.32 bits per heavy atom. The standard InChI is InChI=1S/C16H33N3/c1-13(2)10-19-7-5-16(12-17,6-8-19)18(4)11-15-9-14(15)3/h13-15H,5-12,17H2,1-4H3. The molecule has 0 spiro atoms. The van der Waals surface area contributed by atoms with Gasteiger partial charge < -0.3 is 10.6 Å². The molecule has 2 rings (SSSR count). The zero-order valence-corrected chi connectivity index (χ0v) is 13.4. The van der Waals surface area contributed by atoms with Crippen molar-refractivity contribution in [1.82, 2.24) is 9.80 Å². The average molecular weight is 267 g/mol. The molecule has 1 aliphatic carbocycles. The van der Waals surface area contributed by atoms with Gasteiger partial charge in [-0.3, -0.25) is 4.90 Å². The van der Waals surface area contributed by atoms with E-state index in [0.29, 0.717) is 0 Å². The van der Waals surface area contributed by atoms with E-state index in [1.807, 2.05) is 0 Å². The van der Waals surface area contributed by atoms with E-state index in [9.17, 15) is 0 Å². The third-order valence-electron chi connectivity index (χ3n) is 5.38. The van der Waals surface area contributed by atoms with Crippen LogP contribution in [-0.2, 0) is 0 Å². The van der Waals surface area contributed by atoms with Crippen molar-refractivity contribution in [3.8, 4) is 0 Å². The number of piperidine rings is 1. The van der Waals surface area contributed by atoms with Crippen LogP contribution in [0.1, 0.15) is 40.0 Å². The van der Waals surface area contributed by atoms with Crippen molar-refractivity contribution in [2.75, 3.05) is 39.8 Å². The van der Waals surface area contributed by atoms with Gasteiger partial charge in [0.2, 0.25) is 0 Å². The first-order valence-corrected chi connectivity index (χ1v) is 8.10. The fraction of sp³-hybridized carbons (Fsp3) is 1.00. The van der Waals surface area contributed by atoms with Crippen molar-refractivity contribution in [3.05, 3.63) is 0 Å². The largest absolute Gasteiger partial charge is 0.329 e. The first-order chi connectivity index (χ1) is 8.97. The fourth-order valence-corrected chi connectivity index (χ4v) is 3.61. The number of rotatable bonds is 6. The predicted octanol–water partition coefficient (Wildman–Crippen LogP) is 2.02. The van der Waals surface area contributed by atoms with Crippen LogP contribution in [0.25, 0.3) is 0 Å². The Balaban J connectivity index is 1.85. The Morgan fingerprint density at radius 2 is 1.89 bits per heavy atom. The van der Waals surface area contributed by atoms with Crippen LogP contribution in [0.4, 0.5) is 0 Å². The quantitative estimate of drug-likeness (QED) is 0.799. The van der Waals surface area contributed by atoms with E-state index in [0.717, 1.165) is 24.3 Å². The normalized spacial score (nSPS) is 31.1. The summed E-state index contributed by atoms with van der Waals surface area (Å²) >= 11 is 0. The maximum absolute atomic E-state index is 6.16. The zero-order chi connectivity index (χ0) is 14.0. The Bertz CT molecular complexity index is 282. The van der Waals surface area contributed by atoms with Gasteiger partial charge in [0.15, 0.2) is 0 Å². The van der Waals surface area contributed by atoms with Gasteiger partial charge in [0, 0.05) is 25.2 Å². The number of likely N-dealkylation sites (tertiary alicyclic amines) is 1. The van der Waals surface area contributed by atoms with Gasteiger partial charge in [-0.05, 0) is 57.2 Å². The smallest absolute Gasteiger partial charge is 0.0353 e. The lowest BCUT2D eigenvalue weighted by molar-refractivity contribution is 0.0378. The van der Waals surface area contributed by atoms with Crippen LogP contribution in [0.2, 0.25) is 0 Å². The molecule has 2 unspecified atom stereocenters. The summed E-state index contributed by atoms with van der Waals surface area (Å²) in [4.78, 5) is 5.21. The van der Waals surface area contributed by atoms with Crippen LogP contribution in [0.15, 0.2) is 0 Å². The Kier molecular flexibility index (Phi) is 4.91. The summed E-state index contributed by atoms with van der Waals surface area (Å²) in [6, 6.07) is 0. The molecule has 0 amide bonds. The Hall–Kier alpha value is -0.120. The molecule has 0 aromatic rings. The molecule has 2 fully saturated rings. The Labute approximate surface area is 119 Å². The highest BCUT2D eigenvalue weighted by atomic mass is 15.2. The molecule has 1 aliphatic heterocycles. The fourth-order valence-electron chi connectivity index (χ4n) is 3.61. The van der Waals surface area contributed by atoms with Crippen molar-refractivity contribution in [3.63, 3.8) is 0 Å². The maximum atomic E-state index is 6.16. The highest BCUT2D eigenvalue weighted by molar-refractivity contribution is 4.97. The predicted molar refractivity (Wildman–Crippen MR) is 82.2 cm³/mol. The molecule has 19 heavy (non-hydrogen) atoms. The van der Waals surface area contributed by atoms with Gasteiger partial charge in [-0.25, -0.2) is 0 Å². The van der Waals surface area contributed by atoms with Gasteiger partial charge in [-0.1, -0.05) is 20.8 Å². The molecule has 0 radical (unpaired) electrons. The number of nitrogens with two attached hydrogens (primary N) is 1. The zero-order valence-electron chi connectivity index (χ0n) is 13.4. The molecule has 1 heterocycles. The number of nitrogens with zero attached hydrogens (tertiary/aromatic N) is 2. The lowest BCUT2D eigenvalue weighted by Crippen LogP contribution is -2.58. The molecule has 1 saturated heterocycles. The summed E-state index contributed by atoms with van der Waals surface area (Å²) in [6.07, 6.45) is 3.91. The number of hydrogen-bond acceptors (Lipinski definition) is 3.